The molecule has 0 saturated carbocycles. The molecule has 3 N–H and O–H groups in total. The molecule has 57 heavy (non-hydrogen) atoms. The van der Waals surface area contributed by atoms with Crippen LogP contribution in [0.3, 0.4) is 0 Å². The molecular weight excluding hydrogens is 703 g/mol. The molecule has 0 saturated heterocycles. The molecule has 0 aliphatic carbocycles. The van der Waals surface area contributed by atoms with Crippen molar-refractivity contribution in [3.05, 3.63) is 200 Å². The average Bonchev–Trinajstić information content (AvgIpc) is 4.09. The minimum absolute atomic E-state index is 0.112. The molecular formula is C48H37N9. The van der Waals surface area contributed by atoms with Crippen LogP contribution < -0.4 is 5.32 Å². The Bertz CT molecular complexity index is 2780. The van der Waals surface area contributed by atoms with Gasteiger partial charge in [0.1, 0.15) is 22.9 Å². The first kappa shape index (κ1) is 35.0. The Morgan fingerprint density at radius 3 is 1.81 bits per heavy atom. The second-order valence-corrected chi connectivity index (χ2v) is 13.5. The smallest absolute Gasteiger partial charge is 0.156 e. The van der Waals surface area contributed by atoms with Crippen molar-refractivity contribution in [2.45, 2.75) is 6.04 Å². The summed E-state index contributed by atoms with van der Waals surface area (Å²) in [5.74, 6) is 2.17. The zero-order valence-corrected chi connectivity index (χ0v) is 31.0. The Kier molecular flexibility index (Phi) is 9.52. The van der Waals surface area contributed by atoms with E-state index in [1.54, 1.807) is 18.6 Å². The van der Waals surface area contributed by atoms with Crippen LogP contribution in [0.2, 0.25) is 0 Å². The quantitative estimate of drug-likeness (QED) is 0.114. The minimum atomic E-state index is -0.112. The second-order valence-electron chi connectivity index (χ2n) is 13.5. The number of nitrogens with one attached hydrogen (secondary N) is 3. The summed E-state index contributed by atoms with van der Waals surface area (Å²) in [4.78, 5) is 35.3. The highest BCUT2D eigenvalue weighted by molar-refractivity contribution is 6.01. The van der Waals surface area contributed by atoms with Gasteiger partial charge in [-0.05, 0) is 93.6 Å². The van der Waals surface area contributed by atoms with Crippen LogP contribution in [0.15, 0.2) is 183 Å². The van der Waals surface area contributed by atoms with E-state index in [1.165, 1.54) is 0 Å². The first-order valence-electron chi connectivity index (χ1n) is 18.7. The van der Waals surface area contributed by atoms with Gasteiger partial charge < -0.3 is 15.3 Å². The van der Waals surface area contributed by atoms with Crippen molar-refractivity contribution in [3.63, 3.8) is 0 Å². The zero-order valence-electron chi connectivity index (χ0n) is 31.0. The molecule has 1 atom stereocenters. The van der Waals surface area contributed by atoms with Crippen LogP contribution in [0.5, 0.6) is 0 Å². The fourth-order valence-corrected chi connectivity index (χ4v) is 7.31. The zero-order chi connectivity index (χ0) is 38.6. The highest BCUT2D eigenvalue weighted by atomic mass is 15.1. The number of benzene rings is 3. The number of amidine groups is 1. The summed E-state index contributed by atoms with van der Waals surface area (Å²) in [5, 5.41) is 3.50. The molecule has 3 aromatic carbocycles. The van der Waals surface area contributed by atoms with Crippen LogP contribution in [-0.2, 0) is 0 Å². The highest BCUT2D eigenvalue weighted by Gasteiger charge is 2.24. The number of allylic oxidation sites excluding steroid dienone is 4. The van der Waals surface area contributed by atoms with Gasteiger partial charge in [0.2, 0.25) is 0 Å². The molecule has 9 rings (SSSR count). The number of nitrogens with zero attached hydrogens (tertiary/aromatic N) is 6. The summed E-state index contributed by atoms with van der Waals surface area (Å²) in [7, 11) is 0. The lowest BCUT2D eigenvalue weighted by molar-refractivity contribution is 0.753. The first-order valence-corrected chi connectivity index (χ1v) is 18.7. The number of pyridine rings is 3. The topological polar surface area (TPSA) is 120 Å². The van der Waals surface area contributed by atoms with Crippen LogP contribution >= 0.6 is 0 Å². The molecule has 0 fully saturated rings. The first-order chi connectivity index (χ1) is 28.2. The summed E-state index contributed by atoms with van der Waals surface area (Å²) in [6.07, 6.45) is 12.9. The van der Waals surface area contributed by atoms with Crippen molar-refractivity contribution in [1.82, 2.24) is 40.2 Å². The van der Waals surface area contributed by atoms with Gasteiger partial charge in [-0.15, -0.1) is 0 Å². The average molecular weight is 740 g/mol. The van der Waals surface area contributed by atoms with Gasteiger partial charge in [-0.25, -0.2) is 9.97 Å². The third kappa shape index (κ3) is 7.01. The molecule has 1 aliphatic rings. The molecule has 274 valence electrons. The SMILES string of the molecule is C=C/C(=C(\C=C)c1c[nH]c(-c2ccccn2)n1)c1cc(-c2ccccc2-c2c[nH]c(-c3ccccn3)n2)cc(-c2ccccc2C2CNC(c3ccccn3)=N2)c1. The van der Waals surface area contributed by atoms with Crippen LogP contribution in [-0.4, -0.2) is 47.3 Å². The Morgan fingerprint density at radius 1 is 0.561 bits per heavy atom. The molecule has 0 spiro atoms. The van der Waals surface area contributed by atoms with Crippen LogP contribution in [0, 0.1) is 0 Å². The molecule has 5 aromatic heterocycles. The maximum absolute atomic E-state index is 5.13. The summed E-state index contributed by atoms with van der Waals surface area (Å²) in [6.45, 7) is 9.20. The maximum Gasteiger partial charge on any atom is 0.156 e. The highest BCUT2D eigenvalue weighted by Crippen LogP contribution is 2.40. The largest absolute Gasteiger partial charge is 0.366 e. The number of aliphatic imine (C=N–C) groups is 1. The van der Waals surface area contributed by atoms with Crippen molar-refractivity contribution in [3.8, 4) is 56.5 Å². The lowest BCUT2D eigenvalue weighted by Gasteiger charge is -2.18. The van der Waals surface area contributed by atoms with E-state index < -0.39 is 0 Å². The maximum atomic E-state index is 5.13. The van der Waals surface area contributed by atoms with Crippen LogP contribution in [0.4, 0.5) is 0 Å². The third-order valence-corrected chi connectivity index (χ3v) is 9.99. The molecule has 6 heterocycles. The normalized spacial score (nSPS) is 14.0. The summed E-state index contributed by atoms with van der Waals surface area (Å²) in [5.41, 5.74) is 12.8. The molecule has 8 aromatic rings. The number of hydrogen-bond donors (Lipinski definition) is 3. The minimum Gasteiger partial charge on any atom is -0.366 e. The molecule has 0 radical (unpaired) electrons. The fourth-order valence-electron chi connectivity index (χ4n) is 7.31. The van der Waals surface area contributed by atoms with Gasteiger partial charge in [-0.2, -0.15) is 0 Å². The van der Waals surface area contributed by atoms with Crippen LogP contribution in [0.1, 0.15) is 28.6 Å². The van der Waals surface area contributed by atoms with Crippen LogP contribution in [0.25, 0.3) is 67.7 Å². The van der Waals surface area contributed by atoms with Crippen molar-refractivity contribution < 1.29 is 0 Å². The molecule has 0 amide bonds. The predicted molar refractivity (Wildman–Crippen MR) is 229 cm³/mol. The van der Waals surface area contributed by atoms with Gasteiger partial charge in [0.25, 0.3) is 0 Å². The standard InChI is InChI=1S/C48H37N9/c1-3-34(35(4-2)43-28-52-46(55-43)40-19-9-12-22-49-40)31-25-32(36-15-5-7-17-38(36)44-29-53-47(56-44)41-20-10-13-23-50-41)27-33(26-31)37-16-6-8-18-39(37)45-30-54-48(57-45)42-21-11-14-24-51-42/h3-29,45H,1-2,30H2,(H,52,55)(H,53,56)(H,54,57)/b35-34-. The van der Waals surface area contributed by atoms with Gasteiger partial charge >= 0.3 is 0 Å². The van der Waals surface area contributed by atoms with E-state index in [9.17, 15) is 0 Å². The van der Waals surface area contributed by atoms with Gasteiger partial charge in [-0.3, -0.25) is 19.9 Å². The Labute approximate surface area is 330 Å². The van der Waals surface area contributed by atoms with Crippen molar-refractivity contribution in [1.29, 1.82) is 0 Å². The van der Waals surface area contributed by atoms with Gasteiger partial charge in [0.05, 0.1) is 17.4 Å². The number of hydrogen-bond acceptors (Lipinski definition) is 7. The Morgan fingerprint density at radius 2 is 1.14 bits per heavy atom. The van der Waals surface area contributed by atoms with E-state index in [0.29, 0.717) is 18.2 Å². The summed E-state index contributed by atoms with van der Waals surface area (Å²) >= 11 is 0. The van der Waals surface area contributed by atoms with E-state index in [4.69, 9.17) is 15.0 Å². The summed E-state index contributed by atoms with van der Waals surface area (Å²) < 4.78 is 0. The Hall–Kier alpha value is -7.78. The van der Waals surface area contributed by atoms with Gasteiger partial charge in [0, 0.05) is 48.7 Å². The van der Waals surface area contributed by atoms with E-state index in [2.05, 4.69) is 104 Å². The molecule has 9 heteroatoms. The van der Waals surface area contributed by atoms with Crippen molar-refractivity contribution in [2.75, 3.05) is 6.54 Å². The van der Waals surface area contributed by atoms with Gasteiger partial charge in [0.15, 0.2) is 11.6 Å². The number of H-pyrrole nitrogens is 2. The van der Waals surface area contributed by atoms with E-state index in [0.717, 1.165) is 84.4 Å². The molecule has 0 bridgehead atoms. The fraction of sp³-hybridized carbons (Fsp3) is 0.0417. The predicted octanol–water partition coefficient (Wildman–Crippen LogP) is 10.0. The van der Waals surface area contributed by atoms with E-state index >= 15 is 0 Å². The van der Waals surface area contributed by atoms with Crippen molar-refractivity contribution >= 4 is 17.0 Å². The number of imidazole rings is 2. The lowest BCUT2D eigenvalue weighted by Crippen LogP contribution is -2.21. The number of rotatable bonds is 11. The van der Waals surface area contributed by atoms with E-state index in [1.807, 2.05) is 85.2 Å². The number of aromatic nitrogens is 7. The lowest BCUT2D eigenvalue weighted by atomic mass is 9.87. The Balaban J connectivity index is 1.21. The molecule has 9 nitrogen and oxygen atoms in total. The van der Waals surface area contributed by atoms with Crippen molar-refractivity contribution in [2.24, 2.45) is 4.99 Å². The third-order valence-electron chi connectivity index (χ3n) is 9.99. The number of aromatic amines is 2. The molecule has 1 unspecified atom stereocenters. The van der Waals surface area contributed by atoms with E-state index in [-0.39, 0.29) is 6.04 Å². The monoisotopic (exact) mass is 739 g/mol. The second kappa shape index (κ2) is 15.5. The molecule has 1 aliphatic heterocycles. The summed E-state index contributed by atoms with van der Waals surface area (Å²) in [6, 6.07) is 40.8. The van der Waals surface area contributed by atoms with Gasteiger partial charge in [-0.1, -0.05) is 92.0 Å².